The number of nitrogens with one attached hydrogen (secondary N) is 1. The Kier molecular flexibility index (Phi) is 8.57. The van der Waals surface area contributed by atoms with Gasteiger partial charge in [0.2, 0.25) is 0 Å². The second-order valence-corrected chi connectivity index (χ2v) is 3.47. The van der Waals surface area contributed by atoms with Crippen molar-refractivity contribution in [1.29, 1.82) is 0 Å². The SMILES string of the molecule is CCCNC(COC)CSC. The minimum absolute atomic E-state index is 0.523. The number of thioether (sulfide) groups is 1. The Morgan fingerprint density at radius 2 is 2.27 bits per heavy atom. The summed E-state index contributed by atoms with van der Waals surface area (Å²) in [6.45, 7) is 4.09. The Morgan fingerprint density at radius 3 is 2.73 bits per heavy atom. The molecule has 0 bridgehead atoms. The molecule has 0 saturated heterocycles. The zero-order valence-corrected chi connectivity index (χ0v) is 8.54. The van der Waals surface area contributed by atoms with E-state index in [2.05, 4.69) is 18.5 Å². The largest absolute Gasteiger partial charge is 0.383 e. The summed E-state index contributed by atoms with van der Waals surface area (Å²) in [4.78, 5) is 0. The lowest BCUT2D eigenvalue weighted by Crippen LogP contribution is -2.35. The molecule has 0 aliphatic carbocycles. The molecule has 1 atom stereocenters. The van der Waals surface area contributed by atoms with E-state index in [4.69, 9.17) is 4.74 Å². The van der Waals surface area contributed by atoms with E-state index in [1.54, 1.807) is 7.11 Å². The van der Waals surface area contributed by atoms with Gasteiger partial charge in [-0.05, 0) is 19.2 Å². The molecule has 0 aromatic carbocycles. The minimum Gasteiger partial charge on any atom is -0.383 e. The quantitative estimate of drug-likeness (QED) is 0.634. The average Bonchev–Trinajstić information content (AvgIpc) is 2.01. The summed E-state index contributed by atoms with van der Waals surface area (Å²) in [6.07, 6.45) is 3.31. The van der Waals surface area contributed by atoms with Gasteiger partial charge in [0, 0.05) is 18.9 Å². The van der Waals surface area contributed by atoms with Crippen molar-refractivity contribution in [2.24, 2.45) is 0 Å². The van der Waals surface area contributed by atoms with Gasteiger partial charge in [-0.25, -0.2) is 0 Å². The lowest BCUT2D eigenvalue weighted by Gasteiger charge is -2.15. The van der Waals surface area contributed by atoms with E-state index < -0.39 is 0 Å². The van der Waals surface area contributed by atoms with Gasteiger partial charge in [0.05, 0.1) is 6.61 Å². The van der Waals surface area contributed by atoms with Gasteiger partial charge in [0.25, 0.3) is 0 Å². The molecule has 0 fully saturated rings. The number of hydrogen-bond acceptors (Lipinski definition) is 3. The molecule has 1 unspecified atom stereocenters. The Balaban J connectivity index is 3.34. The first kappa shape index (κ1) is 11.3. The number of ether oxygens (including phenoxy) is 1. The highest BCUT2D eigenvalue weighted by Crippen LogP contribution is 1.97. The van der Waals surface area contributed by atoms with Crippen LogP contribution < -0.4 is 5.32 Å². The molecule has 0 saturated carbocycles. The molecule has 0 aromatic rings. The van der Waals surface area contributed by atoms with Gasteiger partial charge in [0.1, 0.15) is 0 Å². The van der Waals surface area contributed by atoms with E-state index in [1.807, 2.05) is 11.8 Å². The van der Waals surface area contributed by atoms with Gasteiger partial charge >= 0.3 is 0 Å². The second kappa shape index (κ2) is 8.37. The molecule has 1 N–H and O–H groups in total. The molecule has 0 aliphatic rings. The predicted molar refractivity (Wildman–Crippen MR) is 52.3 cm³/mol. The fourth-order valence-electron chi connectivity index (χ4n) is 0.917. The summed E-state index contributed by atoms with van der Waals surface area (Å²) in [7, 11) is 1.75. The fraction of sp³-hybridized carbons (Fsp3) is 1.00. The number of hydrogen-bond donors (Lipinski definition) is 1. The van der Waals surface area contributed by atoms with Crippen LogP contribution >= 0.6 is 11.8 Å². The zero-order chi connectivity index (χ0) is 8.53. The van der Waals surface area contributed by atoms with Crippen LogP contribution in [0.5, 0.6) is 0 Å². The van der Waals surface area contributed by atoms with Crippen molar-refractivity contribution < 1.29 is 4.74 Å². The molecule has 11 heavy (non-hydrogen) atoms. The standard InChI is InChI=1S/C8H19NOS/c1-4-5-9-8(6-10-2)7-11-3/h8-9H,4-7H2,1-3H3. The summed E-state index contributed by atoms with van der Waals surface area (Å²) in [5.41, 5.74) is 0. The highest BCUT2D eigenvalue weighted by atomic mass is 32.2. The Bertz CT molecular complexity index is 74.5. The third-order valence-corrected chi connectivity index (χ3v) is 2.15. The molecule has 0 spiro atoms. The molecule has 0 radical (unpaired) electrons. The van der Waals surface area contributed by atoms with Crippen molar-refractivity contribution in [1.82, 2.24) is 5.32 Å². The van der Waals surface area contributed by atoms with Crippen LogP contribution in [0.15, 0.2) is 0 Å². The van der Waals surface area contributed by atoms with Crippen LogP contribution in [0.1, 0.15) is 13.3 Å². The van der Waals surface area contributed by atoms with Gasteiger partial charge in [-0.1, -0.05) is 6.92 Å². The first-order chi connectivity index (χ1) is 5.35. The van der Waals surface area contributed by atoms with Crippen molar-refractivity contribution >= 4 is 11.8 Å². The smallest absolute Gasteiger partial charge is 0.0623 e. The number of methoxy groups -OCH3 is 1. The van der Waals surface area contributed by atoms with Gasteiger partial charge in [-0.3, -0.25) is 0 Å². The molecular weight excluding hydrogens is 158 g/mol. The van der Waals surface area contributed by atoms with Crippen LogP contribution in [0.3, 0.4) is 0 Å². The van der Waals surface area contributed by atoms with E-state index >= 15 is 0 Å². The second-order valence-electron chi connectivity index (χ2n) is 2.56. The zero-order valence-electron chi connectivity index (χ0n) is 7.72. The average molecular weight is 177 g/mol. The summed E-state index contributed by atoms with van der Waals surface area (Å²) in [6, 6.07) is 0.523. The summed E-state index contributed by atoms with van der Waals surface area (Å²) < 4.78 is 5.08. The van der Waals surface area contributed by atoms with E-state index in [0.717, 1.165) is 18.9 Å². The first-order valence-electron chi connectivity index (χ1n) is 4.06. The van der Waals surface area contributed by atoms with Crippen molar-refractivity contribution in [2.75, 3.05) is 32.3 Å². The van der Waals surface area contributed by atoms with E-state index in [9.17, 15) is 0 Å². The normalized spacial score (nSPS) is 13.4. The molecule has 0 heterocycles. The van der Waals surface area contributed by atoms with Crippen LogP contribution in [-0.4, -0.2) is 38.3 Å². The van der Waals surface area contributed by atoms with E-state index in [1.165, 1.54) is 6.42 Å². The first-order valence-corrected chi connectivity index (χ1v) is 5.45. The third kappa shape index (κ3) is 6.66. The summed E-state index contributed by atoms with van der Waals surface area (Å²) >= 11 is 1.86. The summed E-state index contributed by atoms with van der Waals surface area (Å²) in [5.74, 6) is 1.13. The lowest BCUT2D eigenvalue weighted by molar-refractivity contribution is 0.174. The summed E-state index contributed by atoms with van der Waals surface area (Å²) in [5, 5.41) is 3.43. The van der Waals surface area contributed by atoms with Crippen LogP contribution in [-0.2, 0) is 4.74 Å². The minimum atomic E-state index is 0.523. The molecule has 0 amide bonds. The topological polar surface area (TPSA) is 21.3 Å². The van der Waals surface area contributed by atoms with Crippen molar-refractivity contribution in [2.45, 2.75) is 19.4 Å². The maximum atomic E-state index is 5.08. The fourth-order valence-corrected chi connectivity index (χ4v) is 1.53. The predicted octanol–water partition coefficient (Wildman–Crippen LogP) is 1.36. The maximum Gasteiger partial charge on any atom is 0.0623 e. The van der Waals surface area contributed by atoms with Gasteiger partial charge in [-0.15, -0.1) is 0 Å². The molecule has 3 heteroatoms. The third-order valence-electron chi connectivity index (χ3n) is 1.42. The van der Waals surface area contributed by atoms with Crippen LogP contribution in [0, 0.1) is 0 Å². The maximum absolute atomic E-state index is 5.08. The molecule has 0 rings (SSSR count). The molecule has 2 nitrogen and oxygen atoms in total. The monoisotopic (exact) mass is 177 g/mol. The van der Waals surface area contributed by atoms with E-state index in [-0.39, 0.29) is 0 Å². The molecule has 68 valence electrons. The van der Waals surface area contributed by atoms with Crippen LogP contribution in [0.25, 0.3) is 0 Å². The molecule has 0 aromatic heterocycles. The van der Waals surface area contributed by atoms with Crippen molar-refractivity contribution in [3.63, 3.8) is 0 Å². The van der Waals surface area contributed by atoms with Crippen LogP contribution in [0.2, 0.25) is 0 Å². The molecular formula is C8H19NOS. The van der Waals surface area contributed by atoms with Gasteiger partial charge < -0.3 is 10.1 Å². The van der Waals surface area contributed by atoms with Crippen molar-refractivity contribution in [3.05, 3.63) is 0 Å². The molecule has 0 aliphatic heterocycles. The Hall–Kier alpha value is 0.270. The Labute approximate surface area is 74.1 Å². The highest BCUT2D eigenvalue weighted by Gasteiger charge is 2.04. The van der Waals surface area contributed by atoms with Crippen LogP contribution in [0.4, 0.5) is 0 Å². The Morgan fingerprint density at radius 1 is 1.55 bits per heavy atom. The van der Waals surface area contributed by atoms with Gasteiger partial charge in [0.15, 0.2) is 0 Å². The highest BCUT2D eigenvalue weighted by molar-refractivity contribution is 7.98. The van der Waals surface area contributed by atoms with E-state index in [0.29, 0.717) is 6.04 Å². The number of rotatable bonds is 7. The van der Waals surface area contributed by atoms with Crippen molar-refractivity contribution in [3.8, 4) is 0 Å². The van der Waals surface area contributed by atoms with Gasteiger partial charge in [-0.2, -0.15) is 11.8 Å². The lowest BCUT2D eigenvalue weighted by atomic mass is 10.3.